The van der Waals surface area contributed by atoms with Crippen LogP contribution in [0.15, 0.2) is 42.7 Å². The second-order valence-electron chi connectivity index (χ2n) is 7.64. The molecular formula is C23H26ClN5O3. The number of hydrogen-bond acceptors (Lipinski definition) is 7. The van der Waals surface area contributed by atoms with Crippen molar-refractivity contribution in [2.75, 3.05) is 39.1 Å². The highest BCUT2D eigenvalue weighted by atomic mass is 35.5. The number of fused-ring (bicyclic) bond motifs is 1. The molecule has 0 aliphatic carbocycles. The smallest absolute Gasteiger partial charge is 0.233 e. The zero-order valence-corrected chi connectivity index (χ0v) is 18.9. The molecule has 4 rings (SSSR count). The van der Waals surface area contributed by atoms with E-state index >= 15 is 0 Å². The van der Waals surface area contributed by atoms with Crippen LogP contribution in [-0.2, 0) is 4.79 Å². The van der Waals surface area contributed by atoms with Gasteiger partial charge in [-0.05, 0) is 37.1 Å². The zero-order chi connectivity index (χ0) is 22.5. The number of carbonyl (C=O) groups excluding carboxylic acids is 1. The molecule has 1 fully saturated rings. The van der Waals surface area contributed by atoms with Gasteiger partial charge in [-0.1, -0.05) is 17.7 Å². The van der Waals surface area contributed by atoms with Crippen molar-refractivity contribution in [3.05, 3.63) is 47.7 Å². The van der Waals surface area contributed by atoms with Gasteiger partial charge in [0.25, 0.3) is 0 Å². The Hall–Kier alpha value is -3.10. The van der Waals surface area contributed by atoms with E-state index in [0.717, 1.165) is 42.5 Å². The summed E-state index contributed by atoms with van der Waals surface area (Å²) >= 11 is 6.11. The Morgan fingerprint density at radius 1 is 1.19 bits per heavy atom. The maximum absolute atomic E-state index is 11.6. The molecule has 2 aromatic carbocycles. The Morgan fingerprint density at radius 2 is 2.00 bits per heavy atom. The van der Waals surface area contributed by atoms with Gasteiger partial charge in [-0.2, -0.15) is 0 Å². The first-order valence-electron chi connectivity index (χ1n) is 10.5. The van der Waals surface area contributed by atoms with E-state index < -0.39 is 0 Å². The minimum Gasteiger partial charge on any atom is -0.493 e. The number of nitrogens with one attached hydrogen (secondary N) is 2. The van der Waals surface area contributed by atoms with Crippen molar-refractivity contribution < 1.29 is 14.3 Å². The highest BCUT2D eigenvalue weighted by Crippen LogP contribution is 2.36. The van der Waals surface area contributed by atoms with E-state index in [-0.39, 0.29) is 12.0 Å². The molecule has 2 heterocycles. The van der Waals surface area contributed by atoms with Gasteiger partial charge >= 0.3 is 0 Å². The van der Waals surface area contributed by atoms with Crippen LogP contribution >= 0.6 is 11.6 Å². The van der Waals surface area contributed by atoms with Crippen LogP contribution in [0.25, 0.3) is 10.9 Å². The van der Waals surface area contributed by atoms with Gasteiger partial charge in [0, 0.05) is 42.3 Å². The molecule has 0 atom stereocenters. The number of aromatic nitrogens is 2. The standard InChI is InChI=1S/C23H26ClN5O3/c1-25-22(30)13-29-8-6-17(7-9-29)32-21-11-18-19(12-20(21)31-2)26-14-27-23(18)28-16-5-3-4-15(24)10-16/h3-5,10-12,14,17H,6-9,13H2,1-2H3,(H,25,30)(H,26,27,28). The lowest BCUT2D eigenvalue weighted by molar-refractivity contribution is -0.122. The normalized spacial score (nSPS) is 14.8. The monoisotopic (exact) mass is 455 g/mol. The molecule has 1 aliphatic heterocycles. The molecule has 1 saturated heterocycles. The lowest BCUT2D eigenvalue weighted by atomic mass is 10.1. The predicted molar refractivity (Wildman–Crippen MR) is 125 cm³/mol. The van der Waals surface area contributed by atoms with Crippen LogP contribution in [0.5, 0.6) is 11.5 Å². The van der Waals surface area contributed by atoms with Crippen LogP contribution in [0.2, 0.25) is 5.02 Å². The molecule has 1 aromatic heterocycles. The summed E-state index contributed by atoms with van der Waals surface area (Å²) in [6.45, 7) is 2.02. The average Bonchev–Trinajstić information content (AvgIpc) is 2.80. The van der Waals surface area contributed by atoms with E-state index in [1.807, 2.05) is 36.4 Å². The predicted octanol–water partition coefficient (Wildman–Crippen LogP) is 3.62. The molecule has 8 nitrogen and oxygen atoms in total. The number of likely N-dealkylation sites (N-methyl/N-ethyl adjacent to an activating group) is 1. The van der Waals surface area contributed by atoms with Crippen LogP contribution in [-0.4, -0.2) is 60.7 Å². The third-order valence-electron chi connectivity index (χ3n) is 5.48. The lowest BCUT2D eigenvalue weighted by Gasteiger charge is -2.31. The Bertz CT molecular complexity index is 1100. The van der Waals surface area contributed by atoms with Crippen LogP contribution in [0.1, 0.15) is 12.8 Å². The summed E-state index contributed by atoms with van der Waals surface area (Å²) < 4.78 is 11.9. The number of anilines is 2. The van der Waals surface area contributed by atoms with E-state index in [2.05, 4.69) is 25.5 Å². The van der Waals surface area contributed by atoms with E-state index in [0.29, 0.717) is 28.9 Å². The minimum absolute atomic E-state index is 0.0281. The topological polar surface area (TPSA) is 88.6 Å². The van der Waals surface area contributed by atoms with E-state index in [1.165, 1.54) is 6.33 Å². The Balaban J connectivity index is 1.54. The second kappa shape index (κ2) is 10.0. The molecule has 2 N–H and O–H groups in total. The number of carbonyl (C=O) groups is 1. The molecule has 0 unspecified atom stereocenters. The largest absolute Gasteiger partial charge is 0.493 e. The number of benzene rings is 2. The van der Waals surface area contributed by atoms with Gasteiger partial charge in [-0.15, -0.1) is 0 Å². The molecular weight excluding hydrogens is 430 g/mol. The number of amides is 1. The van der Waals surface area contributed by atoms with Crippen molar-refractivity contribution in [1.82, 2.24) is 20.2 Å². The molecule has 32 heavy (non-hydrogen) atoms. The molecule has 0 bridgehead atoms. The minimum atomic E-state index is 0.0281. The number of ether oxygens (including phenoxy) is 2. The van der Waals surface area contributed by atoms with Crippen molar-refractivity contribution in [2.45, 2.75) is 18.9 Å². The molecule has 3 aromatic rings. The quantitative estimate of drug-likeness (QED) is 0.562. The van der Waals surface area contributed by atoms with Crippen molar-refractivity contribution >= 4 is 39.9 Å². The molecule has 1 amide bonds. The first kappa shape index (κ1) is 22.1. The first-order chi connectivity index (χ1) is 15.6. The van der Waals surface area contributed by atoms with Gasteiger partial charge in [0.15, 0.2) is 11.5 Å². The molecule has 0 spiro atoms. The van der Waals surface area contributed by atoms with Gasteiger partial charge in [0.2, 0.25) is 5.91 Å². The zero-order valence-electron chi connectivity index (χ0n) is 18.1. The first-order valence-corrected chi connectivity index (χ1v) is 10.9. The average molecular weight is 456 g/mol. The van der Waals surface area contributed by atoms with Gasteiger partial charge in [-0.25, -0.2) is 9.97 Å². The van der Waals surface area contributed by atoms with Crippen molar-refractivity contribution in [1.29, 1.82) is 0 Å². The van der Waals surface area contributed by atoms with Crippen molar-refractivity contribution in [3.63, 3.8) is 0 Å². The molecule has 9 heteroatoms. The fourth-order valence-corrected chi connectivity index (χ4v) is 3.96. The summed E-state index contributed by atoms with van der Waals surface area (Å²) in [5, 5.41) is 7.44. The van der Waals surface area contributed by atoms with E-state index in [4.69, 9.17) is 21.1 Å². The number of piperidine rings is 1. The third kappa shape index (κ3) is 5.20. The summed E-state index contributed by atoms with van der Waals surface area (Å²) in [5.41, 5.74) is 1.58. The summed E-state index contributed by atoms with van der Waals surface area (Å²) in [6, 6.07) is 11.2. The molecule has 0 radical (unpaired) electrons. The van der Waals surface area contributed by atoms with E-state index in [9.17, 15) is 4.79 Å². The fourth-order valence-electron chi connectivity index (χ4n) is 3.77. The van der Waals surface area contributed by atoms with Gasteiger partial charge in [0.1, 0.15) is 18.2 Å². The number of hydrogen-bond donors (Lipinski definition) is 2. The Morgan fingerprint density at radius 3 is 2.72 bits per heavy atom. The van der Waals surface area contributed by atoms with Crippen LogP contribution in [0, 0.1) is 0 Å². The summed E-state index contributed by atoms with van der Waals surface area (Å²) in [4.78, 5) is 22.6. The SMILES string of the molecule is CNC(=O)CN1CCC(Oc2cc3c(Nc4cccc(Cl)c4)ncnc3cc2OC)CC1. The summed E-state index contributed by atoms with van der Waals surface area (Å²) in [5.74, 6) is 1.96. The molecule has 168 valence electrons. The summed E-state index contributed by atoms with van der Waals surface area (Å²) in [7, 11) is 3.27. The van der Waals surface area contributed by atoms with Crippen LogP contribution < -0.4 is 20.1 Å². The van der Waals surface area contributed by atoms with Gasteiger partial charge < -0.3 is 20.1 Å². The number of likely N-dealkylation sites (tertiary alicyclic amines) is 1. The highest BCUT2D eigenvalue weighted by Gasteiger charge is 2.23. The number of methoxy groups -OCH3 is 1. The Labute approximate surface area is 191 Å². The number of rotatable bonds is 7. The number of halogens is 1. The van der Waals surface area contributed by atoms with E-state index in [1.54, 1.807) is 14.2 Å². The number of nitrogens with zero attached hydrogens (tertiary/aromatic N) is 3. The van der Waals surface area contributed by atoms with Crippen molar-refractivity contribution in [2.24, 2.45) is 0 Å². The lowest BCUT2D eigenvalue weighted by Crippen LogP contribution is -2.43. The van der Waals surface area contributed by atoms with Gasteiger partial charge in [0.05, 0.1) is 19.2 Å². The Kier molecular flexibility index (Phi) is 6.92. The highest BCUT2D eigenvalue weighted by molar-refractivity contribution is 6.30. The maximum Gasteiger partial charge on any atom is 0.233 e. The van der Waals surface area contributed by atoms with Gasteiger partial charge in [-0.3, -0.25) is 9.69 Å². The van der Waals surface area contributed by atoms with Crippen molar-refractivity contribution in [3.8, 4) is 11.5 Å². The molecule has 1 aliphatic rings. The molecule has 0 saturated carbocycles. The third-order valence-corrected chi connectivity index (χ3v) is 5.72. The second-order valence-corrected chi connectivity index (χ2v) is 8.08. The fraction of sp³-hybridized carbons (Fsp3) is 0.348. The summed E-state index contributed by atoms with van der Waals surface area (Å²) in [6.07, 6.45) is 3.21. The van der Waals surface area contributed by atoms with Crippen LogP contribution in [0.4, 0.5) is 11.5 Å². The maximum atomic E-state index is 11.6. The van der Waals surface area contributed by atoms with Crippen LogP contribution in [0.3, 0.4) is 0 Å².